The molecular formula is C18H17ClN2O4S. The summed E-state index contributed by atoms with van der Waals surface area (Å²) in [6.45, 7) is 1.47. The summed E-state index contributed by atoms with van der Waals surface area (Å²) in [5, 5.41) is 3.11. The van der Waals surface area contributed by atoms with Gasteiger partial charge in [0.05, 0.1) is 11.4 Å². The second-order valence-electron chi connectivity index (χ2n) is 5.13. The third kappa shape index (κ3) is 6.41. The van der Waals surface area contributed by atoms with Gasteiger partial charge in [-0.05, 0) is 36.4 Å². The van der Waals surface area contributed by atoms with Crippen molar-refractivity contribution in [1.82, 2.24) is 4.72 Å². The second kappa shape index (κ2) is 9.25. The van der Waals surface area contributed by atoms with Crippen molar-refractivity contribution >= 4 is 33.2 Å². The number of benzene rings is 2. The van der Waals surface area contributed by atoms with Gasteiger partial charge in [-0.25, -0.2) is 8.42 Å². The van der Waals surface area contributed by atoms with Crippen LogP contribution in [0.4, 0.5) is 5.69 Å². The first kappa shape index (κ1) is 19.8. The van der Waals surface area contributed by atoms with E-state index in [2.05, 4.69) is 21.9 Å². The van der Waals surface area contributed by atoms with Crippen molar-refractivity contribution in [3.05, 3.63) is 53.6 Å². The smallest absolute Gasteiger partial charge is 0.241 e. The number of carbonyl (C=O) groups is 1. The monoisotopic (exact) mass is 392 g/mol. The molecule has 2 N–H and O–H groups in total. The van der Waals surface area contributed by atoms with Crippen LogP contribution >= 0.6 is 11.6 Å². The van der Waals surface area contributed by atoms with E-state index >= 15 is 0 Å². The Balaban J connectivity index is 1.82. The van der Waals surface area contributed by atoms with Crippen molar-refractivity contribution < 1.29 is 17.9 Å². The Hall–Kier alpha value is -2.53. The summed E-state index contributed by atoms with van der Waals surface area (Å²) in [7, 11) is -3.63. The summed E-state index contributed by atoms with van der Waals surface area (Å²) in [5.41, 5.74) is 0.624. The molecule has 0 saturated heterocycles. The number of rotatable bonds is 6. The Labute approximate surface area is 157 Å². The van der Waals surface area contributed by atoms with Crippen LogP contribution in [0.25, 0.3) is 0 Å². The Kier molecular flexibility index (Phi) is 7.04. The fourth-order valence-electron chi connectivity index (χ4n) is 1.93. The first-order valence-electron chi connectivity index (χ1n) is 7.58. The molecule has 0 bridgehead atoms. The van der Waals surface area contributed by atoms with Crippen LogP contribution in [0.2, 0.25) is 5.02 Å². The topological polar surface area (TPSA) is 84.5 Å². The molecule has 0 unspecified atom stereocenters. The molecular weight excluding hydrogens is 376 g/mol. The summed E-state index contributed by atoms with van der Waals surface area (Å²) in [6.07, 6.45) is 0. The molecule has 26 heavy (non-hydrogen) atoms. The van der Waals surface area contributed by atoms with E-state index in [-0.39, 0.29) is 24.0 Å². The molecule has 0 saturated carbocycles. The van der Waals surface area contributed by atoms with Crippen molar-refractivity contribution in [2.24, 2.45) is 0 Å². The third-order valence-electron chi connectivity index (χ3n) is 3.06. The molecule has 6 nitrogen and oxygen atoms in total. The minimum Gasteiger partial charge on any atom is -0.481 e. The van der Waals surface area contributed by atoms with Crippen LogP contribution < -0.4 is 14.8 Å². The highest BCUT2D eigenvalue weighted by molar-refractivity contribution is 7.89. The molecule has 0 fully saturated rings. The Morgan fingerprint density at radius 3 is 2.58 bits per heavy atom. The quantitative estimate of drug-likeness (QED) is 0.740. The molecule has 0 aliphatic rings. The Morgan fingerprint density at radius 2 is 1.88 bits per heavy atom. The summed E-state index contributed by atoms with van der Waals surface area (Å²) in [5.74, 6) is 5.78. The van der Waals surface area contributed by atoms with Crippen molar-refractivity contribution in [2.75, 3.05) is 18.5 Å². The maximum absolute atomic E-state index is 12.0. The molecule has 2 aromatic carbocycles. The first-order valence-corrected chi connectivity index (χ1v) is 9.44. The average molecular weight is 393 g/mol. The lowest BCUT2D eigenvalue weighted by atomic mass is 10.3. The second-order valence-corrected chi connectivity index (χ2v) is 7.33. The van der Waals surface area contributed by atoms with E-state index in [1.54, 1.807) is 24.3 Å². The minimum absolute atomic E-state index is 0.0414. The van der Waals surface area contributed by atoms with Crippen molar-refractivity contribution in [3.8, 4) is 17.6 Å². The number of ether oxygens (including phenoxy) is 1. The molecule has 0 spiro atoms. The van der Waals surface area contributed by atoms with Crippen LogP contribution in [0.1, 0.15) is 6.92 Å². The average Bonchev–Trinajstić information content (AvgIpc) is 2.58. The van der Waals surface area contributed by atoms with Gasteiger partial charge in [-0.2, -0.15) is 4.72 Å². The zero-order valence-electron chi connectivity index (χ0n) is 14.0. The van der Waals surface area contributed by atoms with Gasteiger partial charge < -0.3 is 10.1 Å². The molecule has 0 atom stereocenters. The summed E-state index contributed by atoms with van der Waals surface area (Å²) in [4.78, 5) is 11.1. The number of hydrogen-bond acceptors (Lipinski definition) is 4. The van der Waals surface area contributed by atoms with Crippen LogP contribution in [-0.2, 0) is 14.8 Å². The van der Waals surface area contributed by atoms with E-state index < -0.39 is 10.0 Å². The number of halogens is 1. The van der Waals surface area contributed by atoms with Gasteiger partial charge >= 0.3 is 0 Å². The van der Waals surface area contributed by atoms with E-state index in [0.29, 0.717) is 16.5 Å². The van der Waals surface area contributed by atoms with Gasteiger partial charge in [0.15, 0.2) is 0 Å². The largest absolute Gasteiger partial charge is 0.481 e. The predicted molar refractivity (Wildman–Crippen MR) is 101 cm³/mol. The third-order valence-corrected chi connectivity index (χ3v) is 4.73. The van der Waals surface area contributed by atoms with Gasteiger partial charge in [0.1, 0.15) is 12.4 Å². The zero-order chi connectivity index (χ0) is 19.0. The molecule has 2 rings (SSSR count). The van der Waals surface area contributed by atoms with E-state index in [1.165, 1.54) is 31.2 Å². The van der Waals surface area contributed by atoms with E-state index in [1.807, 2.05) is 0 Å². The summed E-state index contributed by atoms with van der Waals surface area (Å²) >= 11 is 5.74. The summed E-state index contributed by atoms with van der Waals surface area (Å²) < 4.78 is 31.9. The van der Waals surface area contributed by atoms with Crippen molar-refractivity contribution in [2.45, 2.75) is 11.8 Å². The van der Waals surface area contributed by atoms with Crippen LogP contribution in [-0.4, -0.2) is 27.5 Å². The number of amides is 1. The molecule has 8 heteroatoms. The zero-order valence-corrected chi connectivity index (χ0v) is 15.5. The lowest BCUT2D eigenvalue weighted by molar-refractivity contribution is -0.114. The highest BCUT2D eigenvalue weighted by Crippen LogP contribution is 2.17. The van der Waals surface area contributed by atoms with E-state index in [9.17, 15) is 13.2 Å². The van der Waals surface area contributed by atoms with Crippen LogP contribution in [0.5, 0.6) is 5.75 Å². The number of hydrogen-bond donors (Lipinski definition) is 2. The maximum Gasteiger partial charge on any atom is 0.241 e. The van der Waals surface area contributed by atoms with Gasteiger partial charge in [-0.15, -0.1) is 0 Å². The van der Waals surface area contributed by atoms with Gasteiger partial charge in [-0.1, -0.05) is 29.5 Å². The van der Waals surface area contributed by atoms with E-state index in [0.717, 1.165) is 0 Å². The standard InChI is InChI=1S/C18H17ClN2O4S/c1-14(22)21-16-5-4-6-17(13-16)25-12-3-2-11-20-26(23,24)18-9-7-15(19)8-10-18/h4-10,13,20H,11-12H2,1H3,(H,21,22). The van der Waals surface area contributed by atoms with Crippen LogP contribution in [0.3, 0.4) is 0 Å². The normalized spacial score (nSPS) is 10.5. The van der Waals surface area contributed by atoms with E-state index in [4.69, 9.17) is 16.3 Å². The fourth-order valence-corrected chi connectivity index (χ4v) is 2.98. The molecule has 0 heterocycles. The molecule has 0 aromatic heterocycles. The lowest BCUT2D eigenvalue weighted by Gasteiger charge is -2.05. The molecule has 1 amide bonds. The molecule has 136 valence electrons. The molecule has 2 aromatic rings. The summed E-state index contributed by atoms with van der Waals surface area (Å²) in [6, 6.07) is 12.7. The highest BCUT2D eigenvalue weighted by atomic mass is 35.5. The lowest BCUT2D eigenvalue weighted by Crippen LogP contribution is -2.24. The van der Waals surface area contributed by atoms with Gasteiger partial charge in [0.2, 0.25) is 15.9 Å². The molecule has 0 radical (unpaired) electrons. The minimum atomic E-state index is -3.63. The van der Waals surface area contributed by atoms with Crippen LogP contribution in [0.15, 0.2) is 53.4 Å². The van der Waals surface area contributed by atoms with Crippen molar-refractivity contribution in [1.29, 1.82) is 0 Å². The predicted octanol–water partition coefficient (Wildman–Crippen LogP) is 2.66. The number of anilines is 1. The highest BCUT2D eigenvalue weighted by Gasteiger charge is 2.11. The fraction of sp³-hybridized carbons (Fsp3) is 0.167. The molecule has 0 aliphatic carbocycles. The number of sulfonamides is 1. The number of carbonyl (C=O) groups excluding carboxylic acids is 1. The first-order chi connectivity index (χ1) is 12.4. The van der Waals surface area contributed by atoms with Crippen molar-refractivity contribution in [3.63, 3.8) is 0 Å². The van der Waals surface area contributed by atoms with Crippen LogP contribution in [0, 0.1) is 11.8 Å². The van der Waals surface area contributed by atoms with Gasteiger partial charge in [-0.3, -0.25) is 4.79 Å². The number of nitrogens with one attached hydrogen (secondary N) is 2. The maximum atomic E-state index is 12.0. The van der Waals surface area contributed by atoms with Gasteiger partial charge in [0, 0.05) is 23.7 Å². The SMILES string of the molecule is CC(=O)Nc1cccc(OCC#CCNS(=O)(=O)c2ccc(Cl)cc2)c1. The Bertz CT molecular complexity index is 932. The molecule has 0 aliphatic heterocycles. The van der Waals surface area contributed by atoms with Gasteiger partial charge in [0.25, 0.3) is 0 Å². The Morgan fingerprint density at radius 1 is 1.15 bits per heavy atom.